The van der Waals surface area contributed by atoms with Crippen LogP contribution in [0.4, 0.5) is 15.8 Å². The summed E-state index contributed by atoms with van der Waals surface area (Å²) in [4.78, 5) is 20.9. The van der Waals surface area contributed by atoms with Gasteiger partial charge in [-0.2, -0.15) is 5.10 Å². The number of anilines is 1. The molecule has 2 N–H and O–H groups in total. The molecule has 0 heterocycles. The largest absolute Gasteiger partial charge is 0.481 e. The summed E-state index contributed by atoms with van der Waals surface area (Å²) in [6.45, 7) is 0. The molecule has 0 radical (unpaired) electrons. The van der Waals surface area contributed by atoms with E-state index >= 15 is 0 Å². The van der Waals surface area contributed by atoms with Crippen molar-refractivity contribution < 1.29 is 19.2 Å². The fraction of sp³-hybridized carbons (Fsp3) is 0.125. The van der Waals surface area contributed by atoms with Gasteiger partial charge in [-0.25, -0.2) is 4.39 Å². The van der Waals surface area contributed by atoms with Gasteiger partial charge < -0.3 is 5.11 Å². The zero-order valence-electron chi connectivity index (χ0n) is 12.5. The second-order valence-electron chi connectivity index (χ2n) is 4.87. The van der Waals surface area contributed by atoms with Crippen LogP contribution in [0, 0.1) is 15.9 Å². The number of non-ortho nitro benzene ring substituents is 1. The molecule has 7 nitrogen and oxygen atoms in total. The van der Waals surface area contributed by atoms with Crippen LogP contribution in [0.25, 0.3) is 0 Å². The maximum Gasteiger partial charge on any atom is 0.303 e. The van der Waals surface area contributed by atoms with E-state index in [0.29, 0.717) is 17.0 Å². The summed E-state index contributed by atoms with van der Waals surface area (Å²) in [7, 11) is 0. The van der Waals surface area contributed by atoms with Gasteiger partial charge in [-0.1, -0.05) is 12.1 Å². The van der Waals surface area contributed by atoms with Gasteiger partial charge in [0.1, 0.15) is 5.82 Å². The normalized spacial score (nSPS) is 11.1. The predicted molar refractivity (Wildman–Crippen MR) is 86.5 cm³/mol. The lowest BCUT2D eigenvalue weighted by Gasteiger charge is -2.07. The van der Waals surface area contributed by atoms with Crippen molar-refractivity contribution in [2.24, 2.45) is 5.10 Å². The molecule has 0 saturated heterocycles. The fourth-order valence-corrected chi connectivity index (χ4v) is 1.92. The first-order valence-electron chi connectivity index (χ1n) is 7.00. The van der Waals surface area contributed by atoms with E-state index in [1.165, 1.54) is 48.5 Å². The number of halogens is 1. The Morgan fingerprint density at radius 1 is 1.12 bits per heavy atom. The zero-order valence-corrected chi connectivity index (χ0v) is 12.5. The molecule has 24 heavy (non-hydrogen) atoms. The highest BCUT2D eigenvalue weighted by Crippen LogP contribution is 2.16. The molecule has 0 saturated carbocycles. The van der Waals surface area contributed by atoms with Crippen LogP contribution in [0.1, 0.15) is 18.4 Å². The summed E-state index contributed by atoms with van der Waals surface area (Å²) in [5.74, 6) is -1.38. The first-order valence-corrected chi connectivity index (χ1v) is 7.00. The van der Waals surface area contributed by atoms with E-state index in [-0.39, 0.29) is 18.5 Å². The summed E-state index contributed by atoms with van der Waals surface area (Å²) < 4.78 is 13.0. The Morgan fingerprint density at radius 2 is 1.75 bits per heavy atom. The second-order valence-corrected chi connectivity index (χ2v) is 4.87. The minimum atomic E-state index is -0.972. The van der Waals surface area contributed by atoms with E-state index in [9.17, 15) is 19.3 Å². The van der Waals surface area contributed by atoms with E-state index in [4.69, 9.17) is 5.11 Å². The maximum absolute atomic E-state index is 13.0. The van der Waals surface area contributed by atoms with Crippen LogP contribution in [0.5, 0.6) is 0 Å². The lowest BCUT2D eigenvalue weighted by molar-refractivity contribution is -0.384. The lowest BCUT2D eigenvalue weighted by Crippen LogP contribution is -2.08. The molecule has 0 unspecified atom stereocenters. The SMILES string of the molecule is O=C(O)CC/C(=N\Nc1ccc([N+](=O)[O-])cc1)c1ccc(F)cc1. The van der Waals surface area contributed by atoms with E-state index in [1.807, 2.05) is 0 Å². The molecule has 0 amide bonds. The zero-order chi connectivity index (χ0) is 17.5. The van der Waals surface area contributed by atoms with Crippen LogP contribution in [0.15, 0.2) is 53.6 Å². The van der Waals surface area contributed by atoms with Gasteiger partial charge in [-0.15, -0.1) is 0 Å². The van der Waals surface area contributed by atoms with Crippen molar-refractivity contribution in [3.05, 3.63) is 70.0 Å². The number of carbonyl (C=O) groups is 1. The molecule has 0 fully saturated rings. The van der Waals surface area contributed by atoms with Gasteiger partial charge in [-0.3, -0.25) is 20.3 Å². The third-order valence-corrected chi connectivity index (χ3v) is 3.15. The van der Waals surface area contributed by atoms with Crippen molar-refractivity contribution in [3.8, 4) is 0 Å². The number of aliphatic carboxylic acids is 1. The maximum atomic E-state index is 13.0. The number of nitrogens with one attached hydrogen (secondary N) is 1. The highest BCUT2D eigenvalue weighted by molar-refractivity contribution is 6.02. The van der Waals surface area contributed by atoms with Crippen molar-refractivity contribution in [2.45, 2.75) is 12.8 Å². The van der Waals surface area contributed by atoms with Gasteiger partial charge in [0.2, 0.25) is 0 Å². The van der Waals surface area contributed by atoms with E-state index < -0.39 is 16.7 Å². The number of benzene rings is 2. The third kappa shape index (κ3) is 4.87. The first kappa shape index (κ1) is 17.1. The highest BCUT2D eigenvalue weighted by Gasteiger charge is 2.08. The molecular formula is C16H14FN3O4. The molecule has 0 aliphatic rings. The van der Waals surface area contributed by atoms with Crippen LogP contribution in [0.2, 0.25) is 0 Å². The van der Waals surface area contributed by atoms with Gasteiger partial charge >= 0.3 is 5.97 Å². The number of hydrogen-bond donors (Lipinski definition) is 2. The van der Waals surface area contributed by atoms with Gasteiger partial charge in [0, 0.05) is 18.6 Å². The fourth-order valence-electron chi connectivity index (χ4n) is 1.92. The molecule has 0 bridgehead atoms. The average molecular weight is 331 g/mol. The summed E-state index contributed by atoms with van der Waals surface area (Å²) in [5.41, 5.74) is 4.22. The highest BCUT2D eigenvalue weighted by atomic mass is 19.1. The van der Waals surface area contributed by atoms with Gasteiger partial charge in [0.25, 0.3) is 5.69 Å². The number of rotatable bonds is 7. The molecule has 8 heteroatoms. The minimum Gasteiger partial charge on any atom is -0.481 e. The van der Waals surface area contributed by atoms with Crippen molar-refractivity contribution in [3.63, 3.8) is 0 Å². The molecule has 2 aromatic rings. The number of nitrogens with zero attached hydrogens (tertiary/aromatic N) is 2. The summed E-state index contributed by atoms with van der Waals surface area (Å²) in [5, 5.41) is 23.6. The summed E-state index contributed by atoms with van der Waals surface area (Å²) in [6, 6.07) is 11.2. The number of hydrazone groups is 1. The molecule has 2 aromatic carbocycles. The van der Waals surface area contributed by atoms with Crippen molar-refractivity contribution in [2.75, 3.05) is 5.43 Å². The predicted octanol–water partition coefficient (Wildman–Crippen LogP) is 3.41. The standard InChI is InChI=1S/C16H14FN3O4/c17-12-3-1-11(2-4-12)15(9-10-16(21)22)19-18-13-5-7-14(8-6-13)20(23)24/h1-8,18H,9-10H2,(H,21,22)/b19-15+. The Balaban J connectivity index is 2.18. The van der Waals surface area contributed by atoms with E-state index in [0.717, 1.165) is 0 Å². The summed E-state index contributed by atoms with van der Waals surface area (Å²) in [6.07, 6.45) is 0.0269. The molecule has 124 valence electrons. The number of carboxylic acids is 1. The van der Waals surface area contributed by atoms with E-state index in [2.05, 4.69) is 10.5 Å². The Kier molecular flexibility index (Phi) is 5.56. The molecule has 0 atom stereocenters. The van der Waals surface area contributed by atoms with Gasteiger partial charge in [-0.05, 0) is 29.8 Å². The number of hydrogen-bond acceptors (Lipinski definition) is 5. The molecule has 0 spiro atoms. The molecule has 0 aromatic heterocycles. The van der Waals surface area contributed by atoms with Crippen molar-refractivity contribution in [1.82, 2.24) is 0 Å². The van der Waals surface area contributed by atoms with Gasteiger partial charge in [0.15, 0.2) is 0 Å². The smallest absolute Gasteiger partial charge is 0.303 e. The molecular weight excluding hydrogens is 317 g/mol. The first-order chi connectivity index (χ1) is 11.5. The molecule has 2 rings (SSSR count). The Bertz CT molecular complexity index is 758. The van der Waals surface area contributed by atoms with Crippen LogP contribution in [0.3, 0.4) is 0 Å². The van der Waals surface area contributed by atoms with Crippen LogP contribution in [-0.4, -0.2) is 21.7 Å². The van der Waals surface area contributed by atoms with Gasteiger partial charge in [0.05, 0.1) is 22.7 Å². The molecule has 0 aliphatic carbocycles. The Morgan fingerprint density at radius 3 is 2.29 bits per heavy atom. The monoisotopic (exact) mass is 331 g/mol. The Hall–Kier alpha value is -3.29. The number of nitro groups is 1. The minimum absolute atomic E-state index is 0.0471. The quantitative estimate of drug-likeness (QED) is 0.459. The third-order valence-electron chi connectivity index (χ3n) is 3.15. The Labute approximate surface area is 136 Å². The van der Waals surface area contributed by atoms with Crippen molar-refractivity contribution in [1.29, 1.82) is 0 Å². The second kappa shape index (κ2) is 7.82. The molecule has 0 aliphatic heterocycles. The number of carboxylic acid groups (broad SMARTS) is 1. The van der Waals surface area contributed by atoms with Crippen LogP contribution < -0.4 is 5.43 Å². The average Bonchev–Trinajstić information content (AvgIpc) is 2.56. The van der Waals surface area contributed by atoms with E-state index in [1.54, 1.807) is 0 Å². The van der Waals surface area contributed by atoms with Crippen LogP contribution in [-0.2, 0) is 4.79 Å². The number of nitro benzene ring substituents is 1. The topological polar surface area (TPSA) is 105 Å². The van der Waals surface area contributed by atoms with Crippen molar-refractivity contribution >= 4 is 23.1 Å². The lowest BCUT2D eigenvalue weighted by atomic mass is 10.1. The van der Waals surface area contributed by atoms with Crippen LogP contribution >= 0.6 is 0 Å². The summed E-state index contributed by atoms with van der Waals surface area (Å²) >= 11 is 0.